The molecule has 0 spiro atoms. The first-order valence-corrected chi connectivity index (χ1v) is 8.09. The first-order chi connectivity index (χ1) is 11.3. The van der Waals surface area contributed by atoms with Gasteiger partial charge in [-0.15, -0.1) is 0 Å². The topological polar surface area (TPSA) is 71.8 Å². The lowest BCUT2D eigenvalue weighted by Crippen LogP contribution is -2.49. The van der Waals surface area contributed by atoms with Gasteiger partial charge in [-0.1, -0.05) is 17.7 Å². The fraction of sp³-hybridized carbons (Fsp3) is 0.529. The van der Waals surface area contributed by atoms with Gasteiger partial charge in [-0.3, -0.25) is 0 Å². The predicted molar refractivity (Wildman–Crippen MR) is 89.2 cm³/mol. The molecule has 1 atom stereocenters. The van der Waals surface area contributed by atoms with E-state index in [4.69, 9.17) is 31.1 Å². The highest BCUT2D eigenvalue weighted by Crippen LogP contribution is 2.25. The van der Waals surface area contributed by atoms with Gasteiger partial charge in [0.25, 0.3) is 0 Å². The van der Waals surface area contributed by atoms with Crippen LogP contribution < -0.4 is 4.74 Å². The van der Waals surface area contributed by atoms with Crippen molar-refractivity contribution in [3.63, 3.8) is 0 Å². The van der Waals surface area contributed by atoms with Crippen LogP contribution in [0.25, 0.3) is 0 Å². The number of benzene rings is 1. The summed E-state index contributed by atoms with van der Waals surface area (Å²) in [5.74, 6) is 0.406. The minimum absolute atomic E-state index is 0.217. The van der Waals surface area contributed by atoms with Gasteiger partial charge in [-0.25, -0.2) is 4.79 Å². The normalized spacial score (nSPS) is 18.0. The molecule has 0 aromatic heterocycles. The van der Waals surface area contributed by atoms with Crippen LogP contribution in [0.4, 0.5) is 4.79 Å². The Labute approximate surface area is 146 Å². The molecule has 2 rings (SSSR count). The lowest BCUT2D eigenvalue weighted by atomic mass is 10.2. The van der Waals surface area contributed by atoms with Crippen LogP contribution in [0.2, 0.25) is 5.02 Å². The first-order valence-electron chi connectivity index (χ1n) is 7.71. The van der Waals surface area contributed by atoms with Gasteiger partial charge in [0.15, 0.2) is 0 Å². The van der Waals surface area contributed by atoms with Crippen molar-refractivity contribution in [2.24, 2.45) is 0 Å². The molecule has 1 aliphatic rings. The molecule has 130 valence electrons. The van der Waals surface area contributed by atoms with E-state index in [0.717, 1.165) is 0 Å². The molecule has 6 nitrogen and oxygen atoms in total. The van der Waals surface area contributed by atoms with Crippen molar-refractivity contribution < 1.29 is 19.0 Å². The zero-order valence-corrected chi connectivity index (χ0v) is 14.8. The van der Waals surface area contributed by atoms with Gasteiger partial charge in [0.1, 0.15) is 35.7 Å². The number of nitriles is 1. The van der Waals surface area contributed by atoms with Crippen LogP contribution in [-0.2, 0) is 9.47 Å². The van der Waals surface area contributed by atoms with Crippen LogP contribution in [0.3, 0.4) is 0 Å². The van der Waals surface area contributed by atoms with Crippen LogP contribution in [-0.4, -0.2) is 49.0 Å². The third-order valence-corrected chi connectivity index (χ3v) is 3.62. The molecular weight excluding hydrogens is 332 g/mol. The number of hydrogen-bond donors (Lipinski definition) is 0. The van der Waals surface area contributed by atoms with Gasteiger partial charge in [0.2, 0.25) is 0 Å². The van der Waals surface area contributed by atoms with Crippen LogP contribution in [0.1, 0.15) is 26.3 Å². The smallest absolute Gasteiger partial charge is 0.410 e. The van der Waals surface area contributed by atoms with E-state index in [2.05, 4.69) is 0 Å². The quantitative estimate of drug-likeness (QED) is 0.835. The van der Waals surface area contributed by atoms with E-state index < -0.39 is 5.60 Å². The first kappa shape index (κ1) is 18.4. The molecule has 0 aliphatic carbocycles. The van der Waals surface area contributed by atoms with Crippen molar-refractivity contribution >= 4 is 17.7 Å². The second kappa shape index (κ2) is 7.73. The highest BCUT2D eigenvalue weighted by molar-refractivity contribution is 6.31. The third kappa shape index (κ3) is 5.02. The Bertz CT molecular complexity index is 636. The number of amides is 1. The highest BCUT2D eigenvalue weighted by atomic mass is 35.5. The van der Waals surface area contributed by atoms with Crippen molar-refractivity contribution in [1.29, 1.82) is 5.26 Å². The highest BCUT2D eigenvalue weighted by Gasteiger charge is 2.28. The average Bonchev–Trinajstić information content (AvgIpc) is 2.51. The molecule has 1 aromatic carbocycles. The van der Waals surface area contributed by atoms with Crippen molar-refractivity contribution in [2.75, 3.05) is 26.3 Å². The number of morpholine rings is 1. The summed E-state index contributed by atoms with van der Waals surface area (Å²) in [5, 5.41) is 9.49. The SMILES string of the molecule is CC(C)(C)OC(=O)N1CCOC(COc2cccc(Cl)c2C#N)C1. The van der Waals surface area contributed by atoms with E-state index in [1.807, 2.05) is 26.8 Å². The van der Waals surface area contributed by atoms with E-state index >= 15 is 0 Å². The van der Waals surface area contributed by atoms with Crippen LogP contribution in [0, 0.1) is 11.3 Å². The Morgan fingerprint density at radius 1 is 1.50 bits per heavy atom. The number of rotatable bonds is 3. The third-order valence-electron chi connectivity index (χ3n) is 3.30. The summed E-state index contributed by atoms with van der Waals surface area (Å²) in [6, 6.07) is 7.05. The molecule has 24 heavy (non-hydrogen) atoms. The minimum Gasteiger partial charge on any atom is -0.489 e. The van der Waals surface area contributed by atoms with E-state index in [9.17, 15) is 4.79 Å². The predicted octanol–water partition coefficient (Wildman–Crippen LogP) is 3.23. The molecule has 1 unspecified atom stereocenters. The molecule has 0 saturated carbocycles. The molecule has 1 fully saturated rings. The Morgan fingerprint density at radius 3 is 2.92 bits per heavy atom. The fourth-order valence-electron chi connectivity index (χ4n) is 2.23. The number of carbonyl (C=O) groups excluding carboxylic acids is 1. The number of ether oxygens (including phenoxy) is 3. The Hall–Kier alpha value is -1.97. The molecule has 0 N–H and O–H groups in total. The van der Waals surface area contributed by atoms with Crippen molar-refractivity contribution in [3.8, 4) is 11.8 Å². The molecule has 1 amide bonds. The molecule has 0 bridgehead atoms. The van der Waals surface area contributed by atoms with Gasteiger partial charge in [-0.05, 0) is 32.9 Å². The molecule has 1 aliphatic heterocycles. The van der Waals surface area contributed by atoms with E-state index in [1.54, 1.807) is 23.1 Å². The van der Waals surface area contributed by atoms with Gasteiger partial charge < -0.3 is 19.1 Å². The summed E-state index contributed by atoms with van der Waals surface area (Å²) in [6.07, 6.45) is -0.659. The number of carbonyl (C=O) groups is 1. The van der Waals surface area contributed by atoms with Gasteiger partial charge in [0.05, 0.1) is 18.2 Å². The molecule has 7 heteroatoms. The fourth-order valence-corrected chi connectivity index (χ4v) is 2.44. The largest absolute Gasteiger partial charge is 0.489 e. The van der Waals surface area contributed by atoms with Crippen molar-refractivity contribution in [3.05, 3.63) is 28.8 Å². The monoisotopic (exact) mass is 352 g/mol. The molecule has 1 aromatic rings. The summed E-state index contributed by atoms with van der Waals surface area (Å²) in [5.41, 5.74) is -0.247. The molecule has 1 heterocycles. The van der Waals surface area contributed by atoms with Crippen molar-refractivity contribution in [2.45, 2.75) is 32.5 Å². The van der Waals surface area contributed by atoms with Gasteiger partial charge in [-0.2, -0.15) is 5.26 Å². The summed E-state index contributed by atoms with van der Waals surface area (Å²) in [7, 11) is 0. The Morgan fingerprint density at radius 2 is 2.25 bits per heavy atom. The molecule has 0 radical (unpaired) electrons. The van der Waals surface area contributed by atoms with E-state index in [-0.39, 0.29) is 18.8 Å². The van der Waals surface area contributed by atoms with Gasteiger partial charge >= 0.3 is 6.09 Å². The van der Waals surface area contributed by atoms with Crippen LogP contribution >= 0.6 is 11.6 Å². The Balaban J connectivity index is 1.93. The van der Waals surface area contributed by atoms with E-state index in [0.29, 0.717) is 36.0 Å². The zero-order valence-electron chi connectivity index (χ0n) is 14.0. The summed E-state index contributed by atoms with van der Waals surface area (Å²) in [6.45, 7) is 6.96. The maximum Gasteiger partial charge on any atom is 0.410 e. The maximum atomic E-state index is 12.1. The number of hydrogen-bond acceptors (Lipinski definition) is 5. The zero-order chi connectivity index (χ0) is 17.7. The maximum absolute atomic E-state index is 12.1. The number of halogens is 1. The lowest BCUT2D eigenvalue weighted by molar-refractivity contribution is -0.0557. The standard InChI is InChI=1S/C17H21ClN2O4/c1-17(2,3)24-16(21)20-7-8-22-12(10-20)11-23-15-6-4-5-14(18)13(15)9-19/h4-6,12H,7-8,10-11H2,1-3H3. The lowest BCUT2D eigenvalue weighted by Gasteiger charge is -2.34. The van der Waals surface area contributed by atoms with Gasteiger partial charge in [0, 0.05) is 6.54 Å². The second-order valence-electron chi connectivity index (χ2n) is 6.45. The molecule has 1 saturated heterocycles. The van der Waals surface area contributed by atoms with Crippen LogP contribution in [0.15, 0.2) is 18.2 Å². The summed E-state index contributed by atoms with van der Waals surface area (Å²) in [4.78, 5) is 13.7. The summed E-state index contributed by atoms with van der Waals surface area (Å²) < 4.78 is 16.7. The second-order valence-corrected chi connectivity index (χ2v) is 6.86. The van der Waals surface area contributed by atoms with Crippen LogP contribution in [0.5, 0.6) is 5.75 Å². The van der Waals surface area contributed by atoms with E-state index in [1.165, 1.54) is 0 Å². The number of nitrogens with zero attached hydrogens (tertiary/aromatic N) is 2. The summed E-state index contributed by atoms with van der Waals surface area (Å²) >= 11 is 5.97. The average molecular weight is 353 g/mol. The van der Waals surface area contributed by atoms with Crippen molar-refractivity contribution in [1.82, 2.24) is 4.90 Å². The Kier molecular flexibility index (Phi) is 5.92. The molecular formula is C17H21ClN2O4. The minimum atomic E-state index is -0.538.